The molecule has 0 bridgehead atoms. The largest absolute Gasteiger partial charge is 0.314 e. The lowest BCUT2D eigenvalue weighted by atomic mass is 9.75. The molecular weight excluding hydrogens is 256 g/mol. The smallest absolute Gasteiger partial charge is 0.0108 e. The number of nitrogens with zero attached hydrogens (tertiary/aromatic N) is 1. The zero-order valence-electron chi connectivity index (χ0n) is 14.7. The zero-order chi connectivity index (χ0) is 15.1. The molecule has 0 spiro atoms. The van der Waals surface area contributed by atoms with Gasteiger partial charge in [0.25, 0.3) is 0 Å². The van der Waals surface area contributed by atoms with Gasteiger partial charge in [-0.15, -0.1) is 0 Å². The van der Waals surface area contributed by atoms with Crippen LogP contribution in [0.2, 0.25) is 0 Å². The van der Waals surface area contributed by atoms with Gasteiger partial charge in [-0.2, -0.15) is 0 Å². The molecule has 2 nitrogen and oxygen atoms in total. The minimum Gasteiger partial charge on any atom is -0.314 e. The Hall–Kier alpha value is -0.0800. The molecule has 0 aliphatic heterocycles. The van der Waals surface area contributed by atoms with Gasteiger partial charge < -0.3 is 10.2 Å². The molecule has 3 atom stereocenters. The van der Waals surface area contributed by atoms with Gasteiger partial charge >= 0.3 is 0 Å². The molecule has 0 aromatic rings. The van der Waals surface area contributed by atoms with Crippen molar-refractivity contribution < 1.29 is 0 Å². The zero-order valence-corrected chi connectivity index (χ0v) is 14.7. The summed E-state index contributed by atoms with van der Waals surface area (Å²) in [4.78, 5) is 2.76. The summed E-state index contributed by atoms with van der Waals surface area (Å²) in [6.45, 7) is 12.0. The Morgan fingerprint density at radius 1 is 0.952 bits per heavy atom. The van der Waals surface area contributed by atoms with E-state index in [2.05, 4.69) is 31.0 Å². The van der Waals surface area contributed by atoms with E-state index in [0.717, 1.165) is 30.3 Å². The molecule has 2 aliphatic carbocycles. The van der Waals surface area contributed by atoms with Gasteiger partial charge in [-0.25, -0.2) is 0 Å². The SMILES string of the molecule is CCCC1CCC(NCC)C(CN(CC)CC2CCC2)C1. The van der Waals surface area contributed by atoms with E-state index in [-0.39, 0.29) is 0 Å². The van der Waals surface area contributed by atoms with Crippen LogP contribution in [0.3, 0.4) is 0 Å². The van der Waals surface area contributed by atoms with Gasteiger partial charge in [-0.05, 0) is 62.9 Å². The van der Waals surface area contributed by atoms with Crippen LogP contribution in [0, 0.1) is 17.8 Å². The van der Waals surface area contributed by atoms with Crippen LogP contribution in [0.4, 0.5) is 0 Å². The first-order valence-corrected chi connectivity index (χ1v) is 9.72. The van der Waals surface area contributed by atoms with E-state index < -0.39 is 0 Å². The van der Waals surface area contributed by atoms with E-state index in [1.54, 1.807) is 0 Å². The van der Waals surface area contributed by atoms with E-state index in [4.69, 9.17) is 0 Å². The third-order valence-corrected chi connectivity index (χ3v) is 5.94. The molecule has 2 fully saturated rings. The number of rotatable bonds is 9. The Labute approximate surface area is 133 Å². The Kier molecular flexibility index (Phi) is 7.53. The molecular formula is C19H38N2. The normalized spacial score (nSPS) is 30.6. The average molecular weight is 295 g/mol. The van der Waals surface area contributed by atoms with Crippen LogP contribution in [-0.4, -0.2) is 37.1 Å². The fourth-order valence-electron chi connectivity index (χ4n) is 4.47. The Morgan fingerprint density at radius 3 is 2.33 bits per heavy atom. The van der Waals surface area contributed by atoms with Crippen LogP contribution >= 0.6 is 0 Å². The first-order valence-electron chi connectivity index (χ1n) is 9.72. The summed E-state index contributed by atoms with van der Waals surface area (Å²) in [5, 5.41) is 3.78. The van der Waals surface area contributed by atoms with Crippen molar-refractivity contribution in [3.8, 4) is 0 Å². The maximum absolute atomic E-state index is 3.78. The Bertz CT molecular complexity index is 275. The summed E-state index contributed by atoms with van der Waals surface area (Å²) >= 11 is 0. The second kappa shape index (κ2) is 9.15. The summed E-state index contributed by atoms with van der Waals surface area (Å²) in [5.74, 6) is 2.89. The van der Waals surface area contributed by atoms with Crippen LogP contribution in [0.25, 0.3) is 0 Å². The standard InChI is InChI=1S/C19H38N2/c1-4-8-16-11-12-19(20-5-2)18(13-16)15-21(6-3)14-17-9-7-10-17/h16-20H,4-15H2,1-3H3. The maximum atomic E-state index is 3.78. The lowest BCUT2D eigenvalue weighted by Gasteiger charge is -2.40. The van der Waals surface area contributed by atoms with E-state index in [1.165, 1.54) is 71.0 Å². The predicted octanol–water partition coefficient (Wildman–Crippen LogP) is 4.30. The van der Waals surface area contributed by atoms with Crippen molar-refractivity contribution in [3.05, 3.63) is 0 Å². The van der Waals surface area contributed by atoms with Crippen LogP contribution in [0.1, 0.15) is 72.1 Å². The summed E-state index contributed by atoms with van der Waals surface area (Å²) in [7, 11) is 0. The van der Waals surface area contributed by atoms with Crippen LogP contribution in [0.15, 0.2) is 0 Å². The van der Waals surface area contributed by atoms with Gasteiger partial charge in [0, 0.05) is 19.1 Å². The molecule has 2 saturated carbocycles. The lowest BCUT2D eigenvalue weighted by molar-refractivity contribution is 0.113. The summed E-state index contributed by atoms with van der Waals surface area (Å²) in [6, 6.07) is 0.776. The third kappa shape index (κ3) is 5.25. The molecule has 0 heterocycles. The molecule has 3 unspecified atom stereocenters. The molecule has 1 N–H and O–H groups in total. The minimum absolute atomic E-state index is 0.776. The summed E-state index contributed by atoms with van der Waals surface area (Å²) in [6.07, 6.45) is 11.6. The maximum Gasteiger partial charge on any atom is 0.0108 e. The van der Waals surface area contributed by atoms with Gasteiger partial charge in [0.15, 0.2) is 0 Å². The van der Waals surface area contributed by atoms with Crippen molar-refractivity contribution >= 4 is 0 Å². The van der Waals surface area contributed by atoms with Crippen molar-refractivity contribution in [2.45, 2.75) is 78.2 Å². The van der Waals surface area contributed by atoms with Gasteiger partial charge in [-0.3, -0.25) is 0 Å². The molecule has 2 aliphatic rings. The molecule has 21 heavy (non-hydrogen) atoms. The fourth-order valence-corrected chi connectivity index (χ4v) is 4.47. The first-order chi connectivity index (χ1) is 10.3. The molecule has 124 valence electrons. The average Bonchev–Trinajstić information content (AvgIpc) is 2.44. The summed E-state index contributed by atoms with van der Waals surface area (Å²) < 4.78 is 0. The third-order valence-electron chi connectivity index (χ3n) is 5.94. The van der Waals surface area contributed by atoms with Gasteiger partial charge in [0.1, 0.15) is 0 Å². The van der Waals surface area contributed by atoms with Crippen molar-refractivity contribution in [1.29, 1.82) is 0 Å². The minimum atomic E-state index is 0.776. The van der Waals surface area contributed by atoms with Crippen molar-refractivity contribution in [3.63, 3.8) is 0 Å². The second-order valence-electron chi connectivity index (χ2n) is 7.54. The fraction of sp³-hybridized carbons (Fsp3) is 1.00. The Balaban J connectivity index is 1.86. The van der Waals surface area contributed by atoms with E-state index >= 15 is 0 Å². The van der Waals surface area contributed by atoms with Crippen LogP contribution < -0.4 is 5.32 Å². The molecule has 2 heteroatoms. The lowest BCUT2D eigenvalue weighted by Crippen LogP contribution is -2.47. The van der Waals surface area contributed by atoms with E-state index in [9.17, 15) is 0 Å². The highest BCUT2D eigenvalue weighted by Gasteiger charge is 2.31. The number of nitrogens with one attached hydrogen (secondary N) is 1. The topological polar surface area (TPSA) is 15.3 Å². The first kappa shape index (κ1) is 17.3. The van der Waals surface area contributed by atoms with Crippen molar-refractivity contribution in [1.82, 2.24) is 10.2 Å². The van der Waals surface area contributed by atoms with Crippen molar-refractivity contribution in [2.75, 3.05) is 26.2 Å². The molecule has 0 aromatic carbocycles. The van der Waals surface area contributed by atoms with Crippen LogP contribution in [-0.2, 0) is 0 Å². The number of hydrogen-bond donors (Lipinski definition) is 1. The van der Waals surface area contributed by atoms with E-state index in [0.29, 0.717) is 0 Å². The second-order valence-corrected chi connectivity index (χ2v) is 7.54. The predicted molar refractivity (Wildman–Crippen MR) is 92.7 cm³/mol. The van der Waals surface area contributed by atoms with E-state index in [1.807, 2.05) is 0 Å². The van der Waals surface area contributed by atoms with Crippen LogP contribution in [0.5, 0.6) is 0 Å². The summed E-state index contributed by atoms with van der Waals surface area (Å²) in [5.41, 5.74) is 0. The van der Waals surface area contributed by atoms with Gasteiger partial charge in [0.05, 0.1) is 0 Å². The highest BCUT2D eigenvalue weighted by atomic mass is 15.1. The quantitative estimate of drug-likeness (QED) is 0.682. The van der Waals surface area contributed by atoms with Gasteiger partial charge in [-0.1, -0.05) is 40.0 Å². The molecule has 0 saturated heterocycles. The Morgan fingerprint density at radius 2 is 1.76 bits per heavy atom. The number of hydrogen-bond acceptors (Lipinski definition) is 2. The molecule has 2 rings (SSSR count). The molecule has 0 aromatic heterocycles. The van der Waals surface area contributed by atoms with Crippen molar-refractivity contribution in [2.24, 2.45) is 17.8 Å². The molecule has 0 radical (unpaired) electrons. The highest BCUT2D eigenvalue weighted by Crippen LogP contribution is 2.34. The van der Waals surface area contributed by atoms with Gasteiger partial charge in [0.2, 0.25) is 0 Å². The highest BCUT2D eigenvalue weighted by molar-refractivity contribution is 4.87. The monoisotopic (exact) mass is 294 g/mol. The molecule has 0 amide bonds.